The van der Waals surface area contributed by atoms with Gasteiger partial charge < -0.3 is 30.2 Å². The van der Waals surface area contributed by atoms with Crippen LogP contribution < -0.4 is 15.8 Å². The number of fused-ring (bicyclic) bond motifs is 3. The number of benzene rings is 1. The van der Waals surface area contributed by atoms with Gasteiger partial charge in [-0.1, -0.05) is 12.1 Å². The Bertz CT molecular complexity index is 1290. The van der Waals surface area contributed by atoms with Crippen LogP contribution in [0.3, 0.4) is 0 Å². The van der Waals surface area contributed by atoms with Crippen LogP contribution in [0.5, 0.6) is 5.75 Å². The van der Waals surface area contributed by atoms with Crippen molar-refractivity contribution in [1.29, 1.82) is 0 Å². The number of aliphatic hydroxyl groups is 1. The maximum atomic E-state index is 11.1. The largest absolute Gasteiger partial charge is 0.491 e. The number of nitrogens with zero attached hydrogens (tertiary/aromatic N) is 3. The first-order valence-corrected chi connectivity index (χ1v) is 14.0. The molecule has 4 heterocycles. The van der Waals surface area contributed by atoms with Gasteiger partial charge in [0.25, 0.3) is 0 Å². The van der Waals surface area contributed by atoms with E-state index in [-0.39, 0.29) is 11.6 Å². The van der Waals surface area contributed by atoms with Gasteiger partial charge >= 0.3 is 0 Å². The van der Waals surface area contributed by atoms with Crippen molar-refractivity contribution in [3.8, 4) is 16.9 Å². The van der Waals surface area contributed by atoms with Gasteiger partial charge in [0.15, 0.2) is 0 Å². The Balaban J connectivity index is 1.13. The molecule has 0 amide bonds. The maximum Gasteiger partial charge on any atom is 0.146 e. The molecule has 37 heavy (non-hydrogen) atoms. The maximum absolute atomic E-state index is 11.1. The Hall–Kier alpha value is -2.68. The fourth-order valence-electron chi connectivity index (χ4n) is 6.68. The number of ether oxygens (including phenoxy) is 2. The first-order chi connectivity index (χ1) is 18.0. The lowest BCUT2D eigenvalue weighted by Crippen LogP contribution is -2.44. The van der Waals surface area contributed by atoms with Gasteiger partial charge in [-0.05, 0) is 81.9 Å². The van der Waals surface area contributed by atoms with Crippen molar-refractivity contribution in [3.05, 3.63) is 36.8 Å². The molecule has 196 valence electrons. The van der Waals surface area contributed by atoms with E-state index in [4.69, 9.17) is 15.2 Å². The molecule has 2 saturated heterocycles. The lowest BCUT2D eigenvalue weighted by molar-refractivity contribution is -0.0198. The second kappa shape index (κ2) is 8.96. The highest BCUT2D eigenvalue weighted by Crippen LogP contribution is 2.44. The summed E-state index contributed by atoms with van der Waals surface area (Å²) < 4.78 is 14.7. The SMILES string of the molecule is Nc1ncnc2c1c(-c1cccc(OCC34CCC(CC3)O4)c1)cn2[C@H]1CC[C@@](O)(CNC2CC2)CC1. The molecule has 0 unspecified atom stereocenters. The van der Waals surface area contributed by atoms with Crippen molar-refractivity contribution in [1.82, 2.24) is 19.9 Å². The quantitative estimate of drug-likeness (QED) is 0.419. The third-order valence-electron chi connectivity index (χ3n) is 9.12. The van der Waals surface area contributed by atoms with E-state index in [1.807, 2.05) is 12.1 Å². The second-order valence-corrected chi connectivity index (χ2v) is 11.8. The molecule has 2 aliphatic carbocycles. The van der Waals surface area contributed by atoms with Crippen molar-refractivity contribution in [2.24, 2.45) is 0 Å². The molecule has 2 aliphatic heterocycles. The highest BCUT2D eigenvalue weighted by atomic mass is 16.6. The van der Waals surface area contributed by atoms with Crippen LogP contribution in [-0.4, -0.2) is 56.1 Å². The molecular weight excluding hydrogens is 466 g/mol. The summed E-state index contributed by atoms with van der Waals surface area (Å²) in [4.78, 5) is 8.97. The minimum atomic E-state index is -0.619. The number of hydrogen-bond acceptors (Lipinski definition) is 7. The molecule has 0 spiro atoms. The lowest BCUT2D eigenvalue weighted by atomic mass is 9.82. The van der Waals surface area contributed by atoms with Crippen LogP contribution in [0.1, 0.15) is 70.3 Å². The van der Waals surface area contributed by atoms with Crippen molar-refractivity contribution in [3.63, 3.8) is 0 Å². The number of nitrogens with two attached hydrogens (primary N) is 1. The van der Waals surface area contributed by atoms with Gasteiger partial charge in [0.1, 0.15) is 35.7 Å². The van der Waals surface area contributed by atoms with E-state index in [9.17, 15) is 5.11 Å². The van der Waals surface area contributed by atoms with E-state index in [1.165, 1.54) is 12.8 Å². The second-order valence-electron chi connectivity index (χ2n) is 11.8. The van der Waals surface area contributed by atoms with Crippen LogP contribution >= 0.6 is 0 Å². The number of aromatic nitrogens is 3. The topological polar surface area (TPSA) is 107 Å². The lowest BCUT2D eigenvalue weighted by Gasteiger charge is -2.37. The number of anilines is 1. The molecule has 2 saturated carbocycles. The van der Waals surface area contributed by atoms with E-state index in [0.717, 1.165) is 79.3 Å². The van der Waals surface area contributed by atoms with Gasteiger partial charge in [0.05, 0.1) is 17.1 Å². The van der Waals surface area contributed by atoms with Crippen LogP contribution in [0.25, 0.3) is 22.2 Å². The molecule has 8 heteroatoms. The number of nitrogen functional groups attached to an aromatic ring is 1. The monoisotopic (exact) mass is 503 g/mol. The molecule has 4 N–H and O–H groups in total. The zero-order chi connectivity index (χ0) is 25.0. The molecule has 0 atom stereocenters. The summed E-state index contributed by atoms with van der Waals surface area (Å²) in [6, 6.07) is 9.10. The molecule has 2 bridgehead atoms. The van der Waals surface area contributed by atoms with Gasteiger partial charge in [-0.25, -0.2) is 9.97 Å². The highest BCUT2D eigenvalue weighted by molar-refractivity contribution is 6.00. The predicted molar refractivity (Wildman–Crippen MR) is 142 cm³/mol. The van der Waals surface area contributed by atoms with Crippen LogP contribution in [0, 0.1) is 0 Å². The standard InChI is InChI=1S/C29H37N5O3/c30-26-25-24(19-2-1-3-23(14-19)36-17-29-12-8-22(37-29)9-13-29)15-34(27(25)33-18-32-26)21-6-10-28(35,11-7-21)16-31-20-4-5-20/h1-3,14-15,18,20-22,31,35H,4-13,16-17H2,(H2,30,32,33)/t21-,22?,28-,29?. The third-order valence-corrected chi connectivity index (χ3v) is 9.12. The van der Waals surface area contributed by atoms with E-state index in [2.05, 4.69) is 38.2 Å². The van der Waals surface area contributed by atoms with Gasteiger partial charge in [-0.15, -0.1) is 0 Å². The average Bonchev–Trinajstić information content (AvgIpc) is 3.35. The summed E-state index contributed by atoms with van der Waals surface area (Å²) in [5.74, 6) is 1.33. The first kappa shape index (κ1) is 23.4. The molecule has 8 nitrogen and oxygen atoms in total. The van der Waals surface area contributed by atoms with Crippen molar-refractivity contribution < 1.29 is 14.6 Å². The van der Waals surface area contributed by atoms with Crippen molar-refractivity contribution in [2.45, 2.75) is 93.6 Å². The molecular formula is C29H37N5O3. The molecule has 4 aliphatic rings. The Morgan fingerprint density at radius 1 is 1.08 bits per heavy atom. The number of hydrogen-bond donors (Lipinski definition) is 3. The molecule has 7 rings (SSSR count). The first-order valence-electron chi connectivity index (χ1n) is 14.0. The molecule has 2 aromatic heterocycles. The summed E-state index contributed by atoms with van der Waals surface area (Å²) >= 11 is 0. The minimum Gasteiger partial charge on any atom is -0.491 e. The number of rotatable bonds is 8. The minimum absolute atomic E-state index is 0.105. The average molecular weight is 504 g/mol. The van der Waals surface area contributed by atoms with E-state index < -0.39 is 5.60 Å². The van der Waals surface area contributed by atoms with Crippen molar-refractivity contribution >= 4 is 16.9 Å². The van der Waals surface area contributed by atoms with Gasteiger partial charge in [-0.2, -0.15) is 0 Å². The van der Waals surface area contributed by atoms with E-state index in [1.54, 1.807) is 6.33 Å². The Morgan fingerprint density at radius 2 is 1.89 bits per heavy atom. The summed E-state index contributed by atoms with van der Waals surface area (Å²) in [6.07, 6.45) is 14.5. The normalized spacial score (nSPS) is 31.3. The van der Waals surface area contributed by atoms with Crippen LogP contribution in [0.2, 0.25) is 0 Å². The zero-order valence-corrected chi connectivity index (χ0v) is 21.4. The van der Waals surface area contributed by atoms with Crippen LogP contribution in [-0.2, 0) is 4.74 Å². The van der Waals surface area contributed by atoms with E-state index >= 15 is 0 Å². The third kappa shape index (κ3) is 4.49. The molecule has 4 fully saturated rings. The molecule has 0 radical (unpaired) electrons. The molecule has 3 aromatic rings. The summed E-state index contributed by atoms with van der Waals surface area (Å²) in [6.45, 7) is 1.29. The summed E-state index contributed by atoms with van der Waals surface area (Å²) in [5, 5.41) is 15.5. The van der Waals surface area contributed by atoms with Crippen LogP contribution in [0.4, 0.5) is 5.82 Å². The summed E-state index contributed by atoms with van der Waals surface area (Å²) in [5.41, 5.74) is 8.61. The molecule has 1 aromatic carbocycles. The highest BCUT2D eigenvalue weighted by Gasteiger charge is 2.46. The van der Waals surface area contributed by atoms with Crippen LogP contribution in [0.15, 0.2) is 36.8 Å². The Kier molecular flexibility index (Phi) is 5.68. The zero-order valence-electron chi connectivity index (χ0n) is 21.4. The Labute approximate surface area is 217 Å². The Morgan fingerprint density at radius 3 is 2.62 bits per heavy atom. The smallest absolute Gasteiger partial charge is 0.146 e. The summed E-state index contributed by atoms with van der Waals surface area (Å²) in [7, 11) is 0. The van der Waals surface area contributed by atoms with Gasteiger partial charge in [0, 0.05) is 30.4 Å². The number of nitrogens with one attached hydrogen (secondary N) is 1. The fourth-order valence-corrected chi connectivity index (χ4v) is 6.68. The predicted octanol–water partition coefficient (Wildman–Crippen LogP) is 4.37. The van der Waals surface area contributed by atoms with Crippen molar-refractivity contribution in [2.75, 3.05) is 18.9 Å². The van der Waals surface area contributed by atoms with E-state index in [0.29, 0.717) is 31.1 Å². The van der Waals surface area contributed by atoms with Gasteiger partial charge in [-0.3, -0.25) is 0 Å². The fraction of sp³-hybridized carbons (Fsp3) is 0.586. The van der Waals surface area contributed by atoms with Gasteiger partial charge in [0.2, 0.25) is 0 Å².